The second kappa shape index (κ2) is 31.9. The fourth-order valence-corrected chi connectivity index (χ4v) is 17.8. The molecule has 534 valence electrons. The predicted molar refractivity (Wildman–Crippen MR) is 480 cm³/mol. The Morgan fingerprint density at radius 2 is 0.586 bits per heavy atom. The lowest BCUT2D eigenvalue weighted by Crippen LogP contribution is -2.31. The molecular formula is C106H81Br2N3. The number of anilines is 8. The smallest absolute Gasteiger partial charge is 0.0540 e. The van der Waals surface area contributed by atoms with Gasteiger partial charge in [0.15, 0.2) is 0 Å². The van der Waals surface area contributed by atoms with E-state index in [2.05, 4.69) is 442 Å². The molecule has 0 radical (unpaired) electrons. The van der Waals surface area contributed by atoms with Gasteiger partial charge in [0.1, 0.15) is 0 Å². The van der Waals surface area contributed by atoms with Crippen LogP contribution in [0.5, 0.6) is 0 Å². The van der Waals surface area contributed by atoms with Crippen LogP contribution >= 0.6 is 31.9 Å². The van der Waals surface area contributed by atoms with E-state index in [9.17, 15) is 0 Å². The van der Waals surface area contributed by atoms with Gasteiger partial charge < -0.3 is 15.1 Å². The summed E-state index contributed by atoms with van der Waals surface area (Å²) >= 11 is 7.47. The Morgan fingerprint density at radius 1 is 0.270 bits per heavy atom. The van der Waals surface area contributed by atoms with Gasteiger partial charge in [0.2, 0.25) is 0 Å². The van der Waals surface area contributed by atoms with E-state index < -0.39 is 5.41 Å². The van der Waals surface area contributed by atoms with Crippen LogP contribution in [0.1, 0.15) is 55.6 Å². The van der Waals surface area contributed by atoms with Crippen molar-refractivity contribution in [1.82, 2.24) is 0 Å². The Hall–Kier alpha value is -12.6. The van der Waals surface area contributed by atoms with Gasteiger partial charge in [-0.25, -0.2) is 0 Å². The molecular weight excluding hydrogens is 1470 g/mol. The highest BCUT2D eigenvalue weighted by atomic mass is 79.9. The van der Waals surface area contributed by atoms with E-state index >= 15 is 0 Å². The van der Waals surface area contributed by atoms with Crippen LogP contribution in [0.3, 0.4) is 0 Å². The maximum Gasteiger partial charge on any atom is 0.0540 e. The number of benzene rings is 17. The average Bonchev–Trinajstić information content (AvgIpc) is 1.56. The number of halogens is 2. The van der Waals surface area contributed by atoms with Crippen molar-refractivity contribution in [2.24, 2.45) is 0 Å². The maximum atomic E-state index is 4.08. The molecule has 2 aliphatic rings. The number of hydrogen-bond donors (Lipinski definition) is 1. The fourth-order valence-electron chi connectivity index (χ4n) is 17.0. The predicted octanol–water partition coefficient (Wildman–Crippen LogP) is 29.5. The Morgan fingerprint density at radius 3 is 0.991 bits per heavy atom. The first kappa shape index (κ1) is 71.3. The van der Waals surface area contributed by atoms with Crippen LogP contribution < -0.4 is 15.1 Å². The van der Waals surface area contributed by atoms with Crippen LogP contribution in [-0.4, -0.2) is 0 Å². The van der Waals surface area contributed by atoms with Crippen LogP contribution in [-0.2, 0) is 36.5 Å². The minimum absolute atomic E-state index is 0.110. The van der Waals surface area contributed by atoms with E-state index in [0.29, 0.717) is 0 Å². The number of nitrogens with zero attached hydrogens (tertiary/aromatic N) is 2. The molecule has 0 aromatic heterocycles. The van der Waals surface area contributed by atoms with Gasteiger partial charge >= 0.3 is 0 Å². The SMILES string of the molecule is Brc1ccc2c(c1)C(Cc1ccccc1)(Cc1ccccc1)c1cc(Br)ccc1-2.C=Cc1ccc(CC2(Cc3ccc(C=C)cc3)c3cc(N(c4ccccc4)c4cccc5ccccc45)ccc3-c3ccc(N(c4ccccc4)c4cccc5ccccc45)cc32)cc1.c1ccc(Nc2cccc3ccccc23)cc1. The summed E-state index contributed by atoms with van der Waals surface area (Å²) < 4.78 is 2.27. The lowest BCUT2D eigenvalue weighted by atomic mass is 9.69. The minimum atomic E-state index is -0.468. The molecule has 0 aliphatic heterocycles. The topological polar surface area (TPSA) is 18.5 Å². The van der Waals surface area contributed by atoms with Gasteiger partial charge in [0, 0.05) is 70.1 Å². The van der Waals surface area contributed by atoms with Crippen LogP contribution in [0.25, 0.3) is 66.7 Å². The molecule has 0 atom stereocenters. The third kappa shape index (κ3) is 14.6. The Kier molecular flexibility index (Phi) is 20.5. The fraction of sp³-hybridized carbons (Fsp3) is 0.0566. The number of para-hydroxylation sites is 3. The van der Waals surface area contributed by atoms with Crippen molar-refractivity contribution in [3.8, 4) is 22.3 Å². The van der Waals surface area contributed by atoms with Crippen LogP contribution in [0.2, 0.25) is 0 Å². The van der Waals surface area contributed by atoms with Gasteiger partial charge in [-0.2, -0.15) is 0 Å². The largest absolute Gasteiger partial charge is 0.355 e. The number of fused-ring (bicyclic) bond motifs is 9. The summed E-state index contributed by atoms with van der Waals surface area (Å²) in [5, 5.41) is 10.8. The third-order valence-corrected chi connectivity index (χ3v) is 23.1. The molecule has 0 bridgehead atoms. The molecule has 0 spiro atoms. The number of nitrogens with one attached hydrogen (secondary N) is 1. The summed E-state index contributed by atoms with van der Waals surface area (Å²) in [6.07, 6.45) is 7.37. The van der Waals surface area contributed by atoms with Gasteiger partial charge in [-0.3, -0.25) is 0 Å². The molecule has 17 aromatic carbocycles. The zero-order valence-corrected chi connectivity index (χ0v) is 64.8. The zero-order chi connectivity index (χ0) is 75.1. The van der Waals surface area contributed by atoms with E-state index in [1.54, 1.807) is 0 Å². The van der Waals surface area contributed by atoms with Crippen molar-refractivity contribution >= 4 is 122 Å². The first-order valence-corrected chi connectivity index (χ1v) is 39.6. The monoisotopic (exact) mass is 1550 g/mol. The third-order valence-electron chi connectivity index (χ3n) is 22.2. The van der Waals surface area contributed by atoms with Gasteiger partial charge in [0.05, 0.1) is 11.4 Å². The molecule has 111 heavy (non-hydrogen) atoms. The Bertz CT molecular complexity index is 5840. The molecule has 0 amide bonds. The van der Waals surface area contributed by atoms with Crippen LogP contribution in [0, 0.1) is 0 Å². The standard InChI is InChI=1S/C63H48N2.C27H20Br2.C16H13N/c1-3-45-29-33-47(34-30-45)43-63(44-48-35-31-46(4-2)32-36-48)59-41-53(64(51-21-7-5-8-22-51)61-27-15-19-49-17-11-13-25-55(49)61)37-39-57(59)58-40-38-54(42-60(58)63)65(52-23-9-6-10-24-52)62-28-16-20-50-18-12-14-26-56(50)62;28-21-11-13-23-24-14-12-22(29)16-26(24)27(25(23)15-21,17-19-7-3-1-4-8-19)18-20-9-5-2-6-10-20;1-2-9-14(10-3-1)17-16-12-6-8-13-7-4-5-11-15(13)16/h3-42H,1-2,43-44H2;1-16H,17-18H2;1-12,17H. The summed E-state index contributed by atoms with van der Waals surface area (Å²) in [6, 6.07) is 145. The summed E-state index contributed by atoms with van der Waals surface area (Å²) in [7, 11) is 0. The molecule has 0 saturated carbocycles. The van der Waals surface area contributed by atoms with Crippen molar-refractivity contribution < 1.29 is 0 Å². The molecule has 0 unspecified atom stereocenters. The quantitative estimate of drug-likeness (QED) is 0.0924. The second-order valence-corrected chi connectivity index (χ2v) is 30.8. The molecule has 0 heterocycles. The van der Waals surface area contributed by atoms with Gasteiger partial charge in [-0.05, 0) is 223 Å². The van der Waals surface area contributed by atoms with Gasteiger partial charge in [-0.1, -0.05) is 354 Å². The Labute approximate surface area is 668 Å². The van der Waals surface area contributed by atoms with E-state index in [-0.39, 0.29) is 5.41 Å². The van der Waals surface area contributed by atoms with E-state index in [0.717, 1.165) is 91.3 Å². The molecule has 0 fully saturated rings. The first-order valence-electron chi connectivity index (χ1n) is 38.1. The molecule has 5 heteroatoms. The zero-order valence-electron chi connectivity index (χ0n) is 61.7. The minimum Gasteiger partial charge on any atom is -0.355 e. The first-order chi connectivity index (χ1) is 54.7. The molecule has 17 aromatic rings. The molecule has 0 saturated heterocycles. The van der Waals surface area contributed by atoms with Crippen molar-refractivity contribution in [2.75, 3.05) is 15.1 Å². The van der Waals surface area contributed by atoms with Crippen LogP contribution in [0.15, 0.2) is 422 Å². The van der Waals surface area contributed by atoms with Gasteiger partial charge in [0.25, 0.3) is 0 Å². The lowest BCUT2D eigenvalue weighted by Gasteiger charge is -2.35. The Balaban J connectivity index is 0.000000158. The highest BCUT2D eigenvalue weighted by molar-refractivity contribution is 9.10. The normalized spacial score (nSPS) is 12.4. The van der Waals surface area contributed by atoms with Crippen LogP contribution in [0.4, 0.5) is 45.5 Å². The molecule has 19 rings (SSSR count). The molecule has 2 aliphatic carbocycles. The highest BCUT2D eigenvalue weighted by Gasteiger charge is 2.46. The van der Waals surface area contributed by atoms with E-state index in [4.69, 9.17) is 0 Å². The van der Waals surface area contributed by atoms with Crippen molar-refractivity contribution in [3.05, 3.63) is 478 Å². The second-order valence-electron chi connectivity index (χ2n) is 28.9. The van der Waals surface area contributed by atoms with Crippen molar-refractivity contribution in [2.45, 2.75) is 36.5 Å². The molecule has 1 N–H and O–H groups in total. The van der Waals surface area contributed by atoms with Crippen molar-refractivity contribution in [1.29, 1.82) is 0 Å². The number of hydrogen-bond acceptors (Lipinski definition) is 3. The van der Waals surface area contributed by atoms with E-state index in [1.165, 1.54) is 99.1 Å². The average molecular weight is 1560 g/mol. The highest BCUT2D eigenvalue weighted by Crippen LogP contribution is 2.57. The summed E-state index contributed by atoms with van der Waals surface area (Å²) in [5.41, 5.74) is 26.6. The maximum absolute atomic E-state index is 4.08. The summed E-state index contributed by atoms with van der Waals surface area (Å²) in [5.74, 6) is 0. The van der Waals surface area contributed by atoms with Gasteiger partial charge in [-0.15, -0.1) is 0 Å². The molecule has 3 nitrogen and oxygen atoms in total. The number of rotatable bonds is 18. The summed E-state index contributed by atoms with van der Waals surface area (Å²) in [4.78, 5) is 4.88. The lowest BCUT2D eigenvalue weighted by molar-refractivity contribution is 0.519. The van der Waals surface area contributed by atoms with Crippen molar-refractivity contribution in [3.63, 3.8) is 0 Å². The van der Waals surface area contributed by atoms with E-state index in [1.807, 2.05) is 30.4 Å². The summed E-state index contributed by atoms with van der Waals surface area (Å²) in [6.45, 7) is 8.16.